The van der Waals surface area contributed by atoms with Crippen LogP contribution >= 0.6 is 0 Å². The maximum Gasteiger partial charge on any atom is 0.249 e. The number of carbonyl (C=O) groups excluding carboxylic acids is 1. The van der Waals surface area contributed by atoms with Crippen LogP contribution in [0.25, 0.3) is 0 Å². The van der Waals surface area contributed by atoms with E-state index in [4.69, 9.17) is 10.3 Å². The molecule has 2 aromatic rings. The molecule has 6 heteroatoms. The van der Waals surface area contributed by atoms with E-state index in [1.807, 2.05) is 30.9 Å². The lowest BCUT2D eigenvalue weighted by Crippen LogP contribution is -2.41. The predicted octanol–water partition coefficient (Wildman–Crippen LogP) is 3.47. The normalized spacial score (nSPS) is 22.5. The lowest BCUT2D eigenvalue weighted by atomic mass is 9.92. The summed E-state index contributed by atoms with van der Waals surface area (Å²) < 4.78 is 5.66. The van der Waals surface area contributed by atoms with Gasteiger partial charge >= 0.3 is 0 Å². The molecule has 144 valence electrons. The van der Waals surface area contributed by atoms with Crippen LogP contribution in [0.1, 0.15) is 74.8 Å². The Kier molecular flexibility index (Phi) is 4.76. The molecule has 1 aliphatic carbocycles. The van der Waals surface area contributed by atoms with E-state index in [0.717, 1.165) is 32.1 Å². The molecule has 4 rings (SSSR count). The van der Waals surface area contributed by atoms with Crippen LogP contribution < -0.4 is 5.73 Å². The lowest BCUT2D eigenvalue weighted by Gasteiger charge is -2.36. The van der Waals surface area contributed by atoms with Gasteiger partial charge in [-0.25, -0.2) is 0 Å². The van der Waals surface area contributed by atoms with E-state index in [1.54, 1.807) is 0 Å². The molecule has 0 radical (unpaired) electrons. The van der Waals surface area contributed by atoms with Gasteiger partial charge in [0.1, 0.15) is 6.04 Å². The Bertz CT molecular complexity index is 825. The van der Waals surface area contributed by atoms with Gasteiger partial charge in [0.15, 0.2) is 5.82 Å². The van der Waals surface area contributed by atoms with Gasteiger partial charge in [0.25, 0.3) is 0 Å². The molecule has 0 bridgehead atoms. The third-order valence-corrected chi connectivity index (χ3v) is 6.23. The Morgan fingerprint density at radius 2 is 2.04 bits per heavy atom. The molecule has 27 heavy (non-hydrogen) atoms. The van der Waals surface area contributed by atoms with Crippen LogP contribution in [-0.2, 0) is 23.3 Å². The molecule has 1 aromatic heterocycles. The fourth-order valence-corrected chi connectivity index (χ4v) is 4.24. The van der Waals surface area contributed by atoms with Crippen molar-refractivity contribution in [3.05, 3.63) is 47.1 Å². The van der Waals surface area contributed by atoms with E-state index in [0.29, 0.717) is 24.7 Å². The van der Waals surface area contributed by atoms with Gasteiger partial charge in [0.05, 0.1) is 5.54 Å². The average Bonchev–Trinajstić information content (AvgIpc) is 3.36. The Labute approximate surface area is 160 Å². The molecule has 6 nitrogen and oxygen atoms in total. The average molecular weight is 368 g/mol. The highest BCUT2D eigenvalue weighted by atomic mass is 16.5. The van der Waals surface area contributed by atoms with Crippen LogP contribution in [0.5, 0.6) is 0 Å². The van der Waals surface area contributed by atoms with Gasteiger partial charge in [0, 0.05) is 18.9 Å². The Morgan fingerprint density at radius 1 is 1.33 bits per heavy atom. The summed E-state index contributed by atoms with van der Waals surface area (Å²) in [5.74, 6) is 1.20. The van der Waals surface area contributed by atoms with Crippen molar-refractivity contribution in [2.24, 2.45) is 11.7 Å². The molecule has 2 atom stereocenters. The quantitative estimate of drug-likeness (QED) is 0.893. The van der Waals surface area contributed by atoms with E-state index < -0.39 is 5.54 Å². The summed E-state index contributed by atoms with van der Waals surface area (Å²) in [6, 6.07) is 8.04. The van der Waals surface area contributed by atoms with Crippen LogP contribution in [0.3, 0.4) is 0 Å². The maximum atomic E-state index is 13.1. The first-order valence-corrected chi connectivity index (χ1v) is 10.0. The topological polar surface area (TPSA) is 85.2 Å². The molecule has 0 spiro atoms. The van der Waals surface area contributed by atoms with Crippen molar-refractivity contribution >= 4 is 5.91 Å². The van der Waals surface area contributed by atoms with Crippen LogP contribution in [-0.4, -0.2) is 20.9 Å². The highest BCUT2D eigenvalue weighted by Gasteiger charge is 2.39. The third kappa shape index (κ3) is 3.27. The van der Waals surface area contributed by atoms with Crippen LogP contribution in [0, 0.1) is 5.92 Å². The standard InChI is InChI=1S/C21H28N4O2/c1-3-14(2)19(26)25-13-16-9-5-4-8-15(16)12-17(25)18-23-20(24-27-18)21(22)10-6-7-11-21/h4-5,8-9,14,17H,3,6-7,10-13,22H2,1-2H3. The smallest absolute Gasteiger partial charge is 0.249 e. The van der Waals surface area contributed by atoms with Gasteiger partial charge in [-0.3, -0.25) is 4.79 Å². The summed E-state index contributed by atoms with van der Waals surface area (Å²) in [4.78, 5) is 19.7. The van der Waals surface area contributed by atoms with Gasteiger partial charge in [-0.15, -0.1) is 0 Å². The second-order valence-electron chi connectivity index (χ2n) is 8.08. The van der Waals surface area contributed by atoms with Crippen molar-refractivity contribution in [2.75, 3.05) is 0 Å². The number of nitrogens with two attached hydrogens (primary N) is 1. The Morgan fingerprint density at radius 3 is 2.74 bits per heavy atom. The zero-order chi connectivity index (χ0) is 19.0. The third-order valence-electron chi connectivity index (χ3n) is 6.23. The van der Waals surface area contributed by atoms with Gasteiger partial charge in [0.2, 0.25) is 11.8 Å². The number of nitrogens with zero attached hydrogens (tertiary/aromatic N) is 3. The van der Waals surface area contributed by atoms with E-state index in [2.05, 4.69) is 22.3 Å². The number of rotatable bonds is 4. The van der Waals surface area contributed by atoms with E-state index in [-0.39, 0.29) is 17.9 Å². The van der Waals surface area contributed by atoms with E-state index >= 15 is 0 Å². The fourth-order valence-electron chi connectivity index (χ4n) is 4.24. The molecule has 1 aromatic carbocycles. The molecule has 0 saturated heterocycles. The summed E-state index contributed by atoms with van der Waals surface area (Å²) >= 11 is 0. The first-order valence-electron chi connectivity index (χ1n) is 10.0. The van der Waals surface area contributed by atoms with Crippen LogP contribution in [0.15, 0.2) is 28.8 Å². The van der Waals surface area contributed by atoms with Crippen molar-refractivity contribution in [2.45, 2.75) is 70.5 Å². The summed E-state index contributed by atoms with van der Waals surface area (Å²) in [7, 11) is 0. The summed E-state index contributed by atoms with van der Waals surface area (Å²) in [5.41, 5.74) is 8.44. The number of hydrogen-bond acceptors (Lipinski definition) is 5. The van der Waals surface area contributed by atoms with Crippen LogP contribution in [0.2, 0.25) is 0 Å². The largest absolute Gasteiger partial charge is 0.337 e. The van der Waals surface area contributed by atoms with Crippen molar-refractivity contribution in [1.82, 2.24) is 15.0 Å². The number of benzene rings is 1. The Balaban J connectivity index is 1.68. The summed E-state index contributed by atoms with van der Waals surface area (Å²) in [6.07, 6.45) is 5.46. The number of fused-ring (bicyclic) bond motifs is 1. The number of carbonyl (C=O) groups is 1. The number of amides is 1. The molecule has 2 unspecified atom stereocenters. The van der Waals surface area contributed by atoms with Gasteiger partial charge in [-0.05, 0) is 30.4 Å². The van der Waals surface area contributed by atoms with Crippen molar-refractivity contribution in [3.8, 4) is 0 Å². The predicted molar refractivity (Wildman–Crippen MR) is 102 cm³/mol. The molecule has 2 N–H and O–H groups in total. The van der Waals surface area contributed by atoms with E-state index in [1.165, 1.54) is 11.1 Å². The minimum atomic E-state index is -0.486. The molecule has 2 heterocycles. The minimum absolute atomic E-state index is 0.0316. The number of hydrogen-bond donors (Lipinski definition) is 1. The van der Waals surface area contributed by atoms with E-state index in [9.17, 15) is 4.79 Å². The van der Waals surface area contributed by atoms with Crippen molar-refractivity contribution in [1.29, 1.82) is 0 Å². The lowest BCUT2D eigenvalue weighted by molar-refractivity contribution is -0.139. The molecule has 2 aliphatic rings. The molecular formula is C21H28N4O2. The molecule has 1 aliphatic heterocycles. The first kappa shape index (κ1) is 18.2. The second-order valence-corrected chi connectivity index (χ2v) is 8.08. The maximum absolute atomic E-state index is 13.1. The fraction of sp³-hybridized carbons (Fsp3) is 0.571. The van der Waals surface area contributed by atoms with Gasteiger partial charge in [-0.1, -0.05) is 56.1 Å². The first-order chi connectivity index (χ1) is 13.0. The van der Waals surface area contributed by atoms with Crippen molar-refractivity contribution in [3.63, 3.8) is 0 Å². The molecular weight excluding hydrogens is 340 g/mol. The Hall–Kier alpha value is -2.21. The molecule has 1 amide bonds. The minimum Gasteiger partial charge on any atom is -0.337 e. The monoisotopic (exact) mass is 368 g/mol. The molecule has 1 saturated carbocycles. The van der Waals surface area contributed by atoms with Gasteiger partial charge in [-0.2, -0.15) is 4.98 Å². The summed E-state index contributed by atoms with van der Waals surface area (Å²) in [6.45, 7) is 4.60. The summed E-state index contributed by atoms with van der Waals surface area (Å²) in [5, 5.41) is 4.21. The number of aromatic nitrogens is 2. The zero-order valence-corrected chi connectivity index (χ0v) is 16.1. The van der Waals surface area contributed by atoms with Crippen LogP contribution in [0.4, 0.5) is 0 Å². The SMILES string of the molecule is CCC(C)C(=O)N1Cc2ccccc2CC1c1nc(C2(N)CCCC2)no1. The van der Waals surface area contributed by atoms with Gasteiger partial charge < -0.3 is 15.2 Å². The van der Waals surface area contributed by atoms with Crippen molar-refractivity contribution < 1.29 is 9.32 Å². The second kappa shape index (κ2) is 7.08. The highest BCUT2D eigenvalue weighted by Crippen LogP contribution is 2.37. The highest BCUT2D eigenvalue weighted by molar-refractivity contribution is 5.79. The zero-order valence-electron chi connectivity index (χ0n) is 16.1. The molecule has 1 fully saturated rings.